The molecule has 0 saturated heterocycles. The number of thiophene rings is 1. The summed E-state index contributed by atoms with van der Waals surface area (Å²) in [7, 11) is 0. The van der Waals surface area contributed by atoms with Gasteiger partial charge in [0, 0.05) is 17.5 Å². The number of likely N-dealkylation sites (N-methyl/N-ethyl adjacent to an activating group) is 1. The molecule has 0 aromatic carbocycles. The number of hydrogen-bond acceptors (Lipinski definition) is 3. The molecule has 2 unspecified atom stereocenters. The van der Waals surface area contributed by atoms with Gasteiger partial charge < -0.3 is 5.73 Å². The number of nitrogens with zero attached hydrogens (tertiary/aromatic N) is 1. The highest BCUT2D eigenvalue weighted by Crippen LogP contribution is 2.36. The molecule has 2 N–H and O–H groups in total. The highest BCUT2D eigenvalue weighted by Gasteiger charge is 2.29. The lowest BCUT2D eigenvalue weighted by molar-refractivity contribution is 0.123. The Labute approximate surface area is 129 Å². The Morgan fingerprint density at radius 2 is 2.16 bits per heavy atom. The van der Waals surface area contributed by atoms with Gasteiger partial charge in [-0.3, -0.25) is 4.90 Å². The summed E-state index contributed by atoms with van der Waals surface area (Å²) in [5.41, 5.74) is 6.42. The van der Waals surface area contributed by atoms with Gasteiger partial charge >= 0.3 is 0 Å². The fraction of sp³-hybridized carbons (Fsp3) is 0.733. The second kappa shape index (κ2) is 7.21. The summed E-state index contributed by atoms with van der Waals surface area (Å²) in [6, 6.07) is 4.99. The topological polar surface area (TPSA) is 29.3 Å². The van der Waals surface area contributed by atoms with E-state index in [0.717, 1.165) is 18.9 Å². The number of hydrogen-bond donors (Lipinski definition) is 1. The van der Waals surface area contributed by atoms with Crippen LogP contribution in [0.2, 0.25) is 0 Å². The summed E-state index contributed by atoms with van der Waals surface area (Å²) in [6.07, 6.45) is 5.25. The van der Waals surface area contributed by atoms with E-state index in [2.05, 4.69) is 46.8 Å². The largest absolute Gasteiger partial charge is 0.326 e. The Morgan fingerprint density at radius 1 is 1.42 bits per heavy atom. The average Bonchev–Trinajstić information content (AvgIpc) is 2.77. The predicted octanol–water partition coefficient (Wildman–Crippen LogP) is 4.41. The zero-order chi connectivity index (χ0) is 13.8. The van der Waals surface area contributed by atoms with Gasteiger partial charge in [-0.25, -0.2) is 0 Å². The molecule has 0 bridgehead atoms. The van der Waals surface area contributed by atoms with Gasteiger partial charge in [-0.05, 0) is 59.8 Å². The molecule has 1 aromatic rings. The molecule has 4 heteroatoms. The number of nitrogens with two attached hydrogens (primary N) is 1. The Bertz CT molecular complexity index is 389. The van der Waals surface area contributed by atoms with Gasteiger partial charge in [-0.1, -0.05) is 20.3 Å². The lowest BCUT2D eigenvalue weighted by atomic mass is 9.84. The van der Waals surface area contributed by atoms with E-state index >= 15 is 0 Å². The van der Waals surface area contributed by atoms with Crippen LogP contribution in [-0.4, -0.2) is 24.0 Å². The molecule has 1 aromatic heterocycles. The Balaban J connectivity index is 2.14. The summed E-state index contributed by atoms with van der Waals surface area (Å²) in [5, 5.41) is 0. The molecular weight excluding hydrogens is 320 g/mol. The number of halogens is 1. The summed E-state index contributed by atoms with van der Waals surface area (Å²) in [5.74, 6) is 0.898. The van der Waals surface area contributed by atoms with Gasteiger partial charge in [0.05, 0.1) is 9.83 Å². The molecule has 1 fully saturated rings. The monoisotopic (exact) mass is 344 g/mol. The van der Waals surface area contributed by atoms with Crippen molar-refractivity contribution in [2.75, 3.05) is 13.1 Å². The molecule has 19 heavy (non-hydrogen) atoms. The molecular formula is C15H25BrN2S. The van der Waals surface area contributed by atoms with Gasteiger partial charge in [0.15, 0.2) is 0 Å². The standard InChI is InChI=1S/C15H25BrN2S/c1-3-12(17)15(13-8-9-14(16)19-13)18(4-2)10-11-6-5-7-11/h8-9,11-12,15H,3-7,10,17H2,1-2H3. The molecule has 2 nitrogen and oxygen atoms in total. The van der Waals surface area contributed by atoms with Crippen molar-refractivity contribution in [3.63, 3.8) is 0 Å². The third-order valence-electron chi connectivity index (χ3n) is 4.28. The maximum atomic E-state index is 6.42. The van der Waals surface area contributed by atoms with Crippen LogP contribution < -0.4 is 5.73 Å². The first kappa shape index (κ1) is 15.5. The first-order valence-corrected chi connectivity index (χ1v) is 9.01. The van der Waals surface area contributed by atoms with Gasteiger partial charge in [-0.15, -0.1) is 11.3 Å². The van der Waals surface area contributed by atoms with Crippen LogP contribution in [0.3, 0.4) is 0 Å². The van der Waals surface area contributed by atoms with Crippen LogP contribution in [0.25, 0.3) is 0 Å². The van der Waals surface area contributed by atoms with E-state index < -0.39 is 0 Å². The molecule has 0 aliphatic heterocycles. The molecule has 2 rings (SSSR count). The molecule has 0 radical (unpaired) electrons. The molecule has 2 atom stereocenters. The van der Waals surface area contributed by atoms with Gasteiger partial charge in [0.25, 0.3) is 0 Å². The maximum Gasteiger partial charge on any atom is 0.0702 e. The van der Waals surface area contributed by atoms with Gasteiger partial charge in [0.1, 0.15) is 0 Å². The van der Waals surface area contributed by atoms with Crippen molar-refractivity contribution in [2.24, 2.45) is 11.7 Å². The lowest BCUT2D eigenvalue weighted by Crippen LogP contribution is -2.43. The van der Waals surface area contributed by atoms with Crippen molar-refractivity contribution >= 4 is 27.3 Å². The normalized spacial score (nSPS) is 19.4. The van der Waals surface area contributed by atoms with E-state index in [1.165, 1.54) is 34.5 Å². The second-order valence-corrected chi connectivity index (χ2v) is 8.04. The number of rotatable bonds is 7. The van der Waals surface area contributed by atoms with E-state index in [0.29, 0.717) is 6.04 Å². The highest BCUT2D eigenvalue weighted by molar-refractivity contribution is 9.11. The van der Waals surface area contributed by atoms with Crippen molar-refractivity contribution in [1.82, 2.24) is 4.90 Å². The highest BCUT2D eigenvalue weighted by atomic mass is 79.9. The summed E-state index contributed by atoms with van der Waals surface area (Å²) < 4.78 is 1.20. The maximum absolute atomic E-state index is 6.42. The van der Waals surface area contributed by atoms with Crippen LogP contribution in [0.4, 0.5) is 0 Å². The second-order valence-electron chi connectivity index (χ2n) is 5.54. The van der Waals surface area contributed by atoms with E-state index in [4.69, 9.17) is 5.73 Å². The molecule has 1 heterocycles. The minimum absolute atomic E-state index is 0.227. The van der Waals surface area contributed by atoms with Crippen molar-refractivity contribution in [3.05, 3.63) is 20.8 Å². The van der Waals surface area contributed by atoms with E-state index in [9.17, 15) is 0 Å². The average molecular weight is 345 g/mol. The van der Waals surface area contributed by atoms with Crippen LogP contribution in [0.1, 0.15) is 50.4 Å². The van der Waals surface area contributed by atoms with E-state index in [-0.39, 0.29) is 6.04 Å². The first-order chi connectivity index (χ1) is 9.15. The molecule has 0 amide bonds. The smallest absolute Gasteiger partial charge is 0.0702 e. The molecule has 0 spiro atoms. The van der Waals surface area contributed by atoms with Crippen LogP contribution in [-0.2, 0) is 0 Å². The molecule has 1 aliphatic rings. The fourth-order valence-corrected chi connectivity index (χ4v) is 4.45. The first-order valence-electron chi connectivity index (χ1n) is 7.40. The van der Waals surface area contributed by atoms with Crippen molar-refractivity contribution in [2.45, 2.75) is 51.6 Å². The van der Waals surface area contributed by atoms with E-state index in [1.54, 1.807) is 0 Å². The van der Waals surface area contributed by atoms with Crippen LogP contribution in [0.15, 0.2) is 15.9 Å². The lowest BCUT2D eigenvalue weighted by Gasteiger charge is -2.38. The Morgan fingerprint density at radius 3 is 2.58 bits per heavy atom. The van der Waals surface area contributed by atoms with Crippen molar-refractivity contribution < 1.29 is 0 Å². The third-order valence-corrected chi connectivity index (χ3v) is 5.97. The minimum Gasteiger partial charge on any atom is -0.326 e. The summed E-state index contributed by atoms with van der Waals surface area (Å²) >= 11 is 5.41. The zero-order valence-electron chi connectivity index (χ0n) is 11.9. The third kappa shape index (κ3) is 3.81. The quantitative estimate of drug-likeness (QED) is 0.793. The summed E-state index contributed by atoms with van der Waals surface area (Å²) in [6.45, 7) is 6.75. The SMILES string of the molecule is CCC(N)C(c1ccc(Br)s1)N(CC)CC1CCC1. The Hall–Kier alpha value is 0.1000. The molecule has 108 valence electrons. The van der Waals surface area contributed by atoms with Gasteiger partial charge in [0.2, 0.25) is 0 Å². The zero-order valence-corrected chi connectivity index (χ0v) is 14.3. The molecule has 1 aliphatic carbocycles. The van der Waals surface area contributed by atoms with Crippen molar-refractivity contribution in [1.29, 1.82) is 0 Å². The Kier molecular flexibility index (Phi) is 5.87. The van der Waals surface area contributed by atoms with E-state index in [1.807, 2.05) is 11.3 Å². The minimum atomic E-state index is 0.227. The molecule has 1 saturated carbocycles. The predicted molar refractivity (Wildman–Crippen MR) is 87.6 cm³/mol. The van der Waals surface area contributed by atoms with Crippen LogP contribution in [0.5, 0.6) is 0 Å². The van der Waals surface area contributed by atoms with Gasteiger partial charge in [-0.2, -0.15) is 0 Å². The summed E-state index contributed by atoms with van der Waals surface area (Å²) in [4.78, 5) is 4.00. The van der Waals surface area contributed by atoms with Crippen LogP contribution in [0, 0.1) is 5.92 Å². The van der Waals surface area contributed by atoms with Crippen molar-refractivity contribution in [3.8, 4) is 0 Å². The fourth-order valence-electron chi connectivity index (χ4n) is 2.82. The van der Waals surface area contributed by atoms with Crippen LogP contribution >= 0.6 is 27.3 Å².